The van der Waals surface area contributed by atoms with Gasteiger partial charge in [0.15, 0.2) is 5.82 Å². The number of methoxy groups -OCH3 is 1. The largest absolute Gasteiger partial charge is 0.394 e. The van der Waals surface area contributed by atoms with Crippen molar-refractivity contribution in [2.75, 3.05) is 30.9 Å². The van der Waals surface area contributed by atoms with Gasteiger partial charge in [-0.2, -0.15) is 5.10 Å². The lowest BCUT2D eigenvalue weighted by Gasteiger charge is -2.31. The number of ether oxygens (including phenoxy) is 1. The van der Waals surface area contributed by atoms with E-state index in [-0.39, 0.29) is 6.04 Å². The van der Waals surface area contributed by atoms with E-state index in [0.29, 0.717) is 12.6 Å². The van der Waals surface area contributed by atoms with E-state index in [4.69, 9.17) is 10.5 Å². The Labute approximate surface area is 110 Å². The maximum atomic E-state index is 6.19. The maximum Gasteiger partial charge on any atom is 0.151 e. The van der Waals surface area contributed by atoms with Crippen LogP contribution >= 0.6 is 0 Å². The Kier molecular flexibility index (Phi) is 5.02. The molecule has 1 aromatic rings. The monoisotopic (exact) mass is 254 g/mol. The Balaban J connectivity index is 3.19. The minimum absolute atomic E-state index is 0.274. The van der Waals surface area contributed by atoms with Crippen molar-refractivity contribution in [1.82, 2.24) is 9.78 Å². The first-order valence-electron chi connectivity index (χ1n) is 6.54. The van der Waals surface area contributed by atoms with Crippen LogP contribution in [0.15, 0.2) is 0 Å². The molecule has 0 saturated heterocycles. The molecule has 5 nitrogen and oxygen atoms in total. The number of nitrogen functional groups attached to an aromatic ring is 1. The average molecular weight is 254 g/mol. The number of anilines is 2. The molecule has 5 heteroatoms. The zero-order chi connectivity index (χ0) is 13.9. The number of rotatable bonds is 6. The van der Waals surface area contributed by atoms with Gasteiger partial charge in [0.25, 0.3) is 0 Å². The van der Waals surface area contributed by atoms with Gasteiger partial charge in [-0.3, -0.25) is 0 Å². The highest BCUT2D eigenvalue weighted by Gasteiger charge is 2.23. The third kappa shape index (κ3) is 2.77. The predicted molar refractivity (Wildman–Crippen MR) is 76.1 cm³/mol. The second-order valence-corrected chi connectivity index (χ2v) is 4.95. The zero-order valence-electron chi connectivity index (χ0n) is 12.4. The molecule has 0 bridgehead atoms. The fraction of sp³-hybridized carbons (Fsp3) is 0.769. The summed E-state index contributed by atoms with van der Waals surface area (Å²) < 4.78 is 7.24. The number of nitrogens with zero attached hydrogens (tertiary/aromatic N) is 3. The molecule has 1 unspecified atom stereocenters. The highest BCUT2D eigenvalue weighted by molar-refractivity contribution is 5.66. The number of hydrogen-bond acceptors (Lipinski definition) is 4. The second-order valence-electron chi connectivity index (χ2n) is 4.95. The van der Waals surface area contributed by atoms with E-state index in [9.17, 15) is 0 Å². The highest BCUT2D eigenvalue weighted by Crippen LogP contribution is 2.30. The van der Waals surface area contributed by atoms with E-state index in [1.807, 2.05) is 11.6 Å². The van der Waals surface area contributed by atoms with Crippen molar-refractivity contribution >= 4 is 11.5 Å². The Morgan fingerprint density at radius 1 is 1.39 bits per heavy atom. The molecule has 0 radical (unpaired) electrons. The van der Waals surface area contributed by atoms with Gasteiger partial charge in [-0.1, -0.05) is 0 Å². The van der Waals surface area contributed by atoms with Crippen LogP contribution in [0.2, 0.25) is 0 Å². The molecule has 1 heterocycles. The summed E-state index contributed by atoms with van der Waals surface area (Å²) in [5, 5.41) is 4.53. The first-order chi connectivity index (χ1) is 8.43. The quantitative estimate of drug-likeness (QED) is 0.845. The number of aromatic nitrogens is 2. The van der Waals surface area contributed by atoms with Gasteiger partial charge in [-0.15, -0.1) is 0 Å². The Hall–Kier alpha value is -1.23. The minimum atomic E-state index is 0.274. The molecular formula is C13H26N4O. The highest BCUT2D eigenvalue weighted by atomic mass is 16.5. The first kappa shape index (κ1) is 14.8. The lowest BCUT2D eigenvalue weighted by Crippen LogP contribution is -2.38. The van der Waals surface area contributed by atoms with Gasteiger partial charge in [0.2, 0.25) is 0 Å². The summed E-state index contributed by atoms with van der Waals surface area (Å²) in [5.41, 5.74) is 7.85. The summed E-state index contributed by atoms with van der Waals surface area (Å²) in [4.78, 5) is 2.25. The summed E-state index contributed by atoms with van der Waals surface area (Å²) in [6.45, 7) is 12.0. The van der Waals surface area contributed by atoms with Gasteiger partial charge in [0, 0.05) is 19.7 Å². The van der Waals surface area contributed by atoms with E-state index in [0.717, 1.165) is 23.7 Å². The lowest BCUT2D eigenvalue weighted by atomic mass is 10.2. The van der Waals surface area contributed by atoms with Crippen molar-refractivity contribution in [3.8, 4) is 0 Å². The number of likely N-dealkylation sites (N-methyl/N-ethyl adjacent to an activating group) is 1. The molecule has 0 spiro atoms. The smallest absolute Gasteiger partial charge is 0.151 e. The Morgan fingerprint density at radius 2 is 2.00 bits per heavy atom. The van der Waals surface area contributed by atoms with Crippen LogP contribution in [0.4, 0.5) is 11.5 Å². The molecule has 0 aliphatic rings. The number of nitrogens with two attached hydrogens (primary N) is 1. The van der Waals surface area contributed by atoms with Crippen molar-refractivity contribution in [2.24, 2.45) is 0 Å². The lowest BCUT2D eigenvalue weighted by molar-refractivity contribution is 0.181. The molecule has 18 heavy (non-hydrogen) atoms. The maximum absolute atomic E-state index is 6.19. The van der Waals surface area contributed by atoms with Crippen LogP contribution in [0.25, 0.3) is 0 Å². The van der Waals surface area contributed by atoms with Gasteiger partial charge < -0.3 is 15.4 Å². The predicted octanol–water partition coefficient (Wildman–Crippen LogP) is 2.22. The summed E-state index contributed by atoms with van der Waals surface area (Å²) in [6.07, 6.45) is 0. The summed E-state index contributed by atoms with van der Waals surface area (Å²) in [6, 6.07) is 0.565. The molecule has 1 rings (SSSR count). The van der Waals surface area contributed by atoms with Crippen LogP contribution in [-0.2, 0) is 4.74 Å². The first-order valence-corrected chi connectivity index (χ1v) is 6.54. The SMILES string of the molecule is CCN(c1c(N)c(C)nn1C(C)C)C(C)COC. The summed E-state index contributed by atoms with van der Waals surface area (Å²) in [5.74, 6) is 1.01. The van der Waals surface area contributed by atoms with Crippen molar-refractivity contribution in [1.29, 1.82) is 0 Å². The van der Waals surface area contributed by atoms with E-state index in [1.54, 1.807) is 7.11 Å². The topological polar surface area (TPSA) is 56.3 Å². The molecule has 0 amide bonds. The molecule has 104 valence electrons. The summed E-state index contributed by atoms with van der Waals surface area (Å²) in [7, 11) is 1.72. The van der Waals surface area contributed by atoms with E-state index in [1.165, 1.54) is 0 Å². The zero-order valence-corrected chi connectivity index (χ0v) is 12.4. The number of aryl methyl sites for hydroxylation is 1. The summed E-state index contributed by atoms with van der Waals surface area (Å²) >= 11 is 0. The molecule has 0 fully saturated rings. The number of hydrogen-bond donors (Lipinski definition) is 1. The van der Waals surface area contributed by atoms with Gasteiger partial charge >= 0.3 is 0 Å². The van der Waals surface area contributed by atoms with Crippen LogP contribution in [0.5, 0.6) is 0 Å². The average Bonchev–Trinajstić information content (AvgIpc) is 2.59. The van der Waals surface area contributed by atoms with Gasteiger partial charge in [-0.05, 0) is 34.6 Å². The molecule has 1 aromatic heterocycles. The second kappa shape index (κ2) is 6.09. The molecule has 0 saturated carbocycles. The van der Waals surface area contributed by atoms with E-state index >= 15 is 0 Å². The third-order valence-electron chi connectivity index (χ3n) is 3.15. The molecule has 0 aliphatic heterocycles. The Bertz CT molecular complexity index is 387. The molecule has 1 atom stereocenters. The van der Waals surface area contributed by atoms with Gasteiger partial charge in [0.1, 0.15) is 0 Å². The van der Waals surface area contributed by atoms with Crippen LogP contribution in [0, 0.1) is 6.92 Å². The standard InChI is InChI=1S/C13H26N4O/c1-7-16(10(4)8-18-6)13-12(14)11(5)15-17(13)9(2)3/h9-10H,7-8,14H2,1-6H3. The minimum Gasteiger partial charge on any atom is -0.394 e. The Morgan fingerprint density at radius 3 is 2.44 bits per heavy atom. The fourth-order valence-electron chi connectivity index (χ4n) is 2.20. The van der Waals surface area contributed by atoms with E-state index in [2.05, 4.69) is 37.7 Å². The third-order valence-corrected chi connectivity index (χ3v) is 3.15. The van der Waals surface area contributed by atoms with Gasteiger partial charge in [-0.25, -0.2) is 4.68 Å². The van der Waals surface area contributed by atoms with Crippen molar-refractivity contribution in [2.45, 2.75) is 46.7 Å². The fourth-order valence-corrected chi connectivity index (χ4v) is 2.20. The van der Waals surface area contributed by atoms with Crippen LogP contribution < -0.4 is 10.6 Å². The van der Waals surface area contributed by atoms with E-state index < -0.39 is 0 Å². The molecule has 0 aromatic carbocycles. The van der Waals surface area contributed by atoms with Crippen molar-refractivity contribution in [3.63, 3.8) is 0 Å². The van der Waals surface area contributed by atoms with Crippen molar-refractivity contribution < 1.29 is 4.74 Å². The van der Waals surface area contributed by atoms with Crippen molar-refractivity contribution in [3.05, 3.63) is 5.69 Å². The van der Waals surface area contributed by atoms with Gasteiger partial charge in [0.05, 0.1) is 24.0 Å². The molecule has 2 N–H and O–H groups in total. The molecular weight excluding hydrogens is 228 g/mol. The normalized spacial score (nSPS) is 13.1. The van der Waals surface area contributed by atoms with Crippen LogP contribution in [0.3, 0.4) is 0 Å². The van der Waals surface area contributed by atoms with Crippen LogP contribution in [0.1, 0.15) is 39.4 Å². The van der Waals surface area contributed by atoms with Crippen LogP contribution in [-0.4, -0.2) is 36.1 Å². The molecule has 0 aliphatic carbocycles.